The standard InChI is InChI=1S/C32H45NO10/c1-6-33-14-29(15-39-2)18(34)12-19(40-3)31-17-13-30(37)26(43-28(36)16-10-8-7-9-11-16)20(17)32(38,25(35)27(30)42-5)21(24(31)33)22(41-4)23(29)31/h7-11,17-27,34-35,37-38H,6,12-15H2,1-5H3/t17-,18?,19+,20-,21+,22+,23-,24?,25+,26-,27+,29+,30+,31+,32-/m1/s1. The largest absolute Gasteiger partial charge is 0.455 e. The molecule has 1 spiro atoms. The summed E-state index contributed by atoms with van der Waals surface area (Å²) >= 11 is 0. The Morgan fingerprint density at radius 2 is 1.72 bits per heavy atom. The van der Waals surface area contributed by atoms with Gasteiger partial charge in [-0.15, -0.1) is 0 Å². The quantitative estimate of drug-likeness (QED) is 0.300. The maximum absolute atomic E-state index is 13.6. The molecular formula is C32H45NO10. The van der Waals surface area contributed by atoms with Crippen LogP contribution in [0.4, 0.5) is 0 Å². The molecule has 238 valence electrons. The van der Waals surface area contributed by atoms with Crippen molar-refractivity contribution in [3.8, 4) is 0 Å². The molecule has 2 unspecified atom stereocenters. The van der Waals surface area contributed by atoms with E-state index in [0.717, 1.165) is 0 Å². The summed E-state index contributed by atoms with van der Waals surface area (Å²) in [5.41, 5.74) is -4.81. The second-order valence-corrected chi connectivity index (χ2v) is 13.9. The lowest BCUT2D eigenvalue weighted by atomic mass is 9.42. The van der Waals surface area contributed by atoms with Crippen LogP contribution >= 0.6 is 0 Å². The lowest BCUT2D eigenvalue weighted by molar-refractivity contribution is -0.320. The van der Waals surface area contributed by atoms with E-state index in [-0.39, 0.29) is 25.0 Å². The molecule has 1 heterocycles. The summed E-state index contributed by atoms with van der Waals surface area (Å²) in [6, 6.07) is 8.25. The number of likely N-dealkylation sites (tertiary alicyclic amines) is 1. The van der Waals surface area contributed by atoms with Crippen LogP contribution in [0, 0.1) is 34.5 Å². The third-order valence-electron chi connectivity index (χ3n) is 12.9. The average molecular weight is 604 g/mol. The van der Waals surface area contributed by atoms with Crippen molar-refractivity contribution in [1.82, 2.24) is 4.90 Å². The molecule has 11 nitrogen and oxygen atoms in total. The minimum Gasteiger partial charge on any atom is -0.455 e. The van der Waals surface area contributed by atoms with Crippen molar-refractivity contribution >= 4 is 5.97 Å². The molecule has 5 aliphatic carbocycles. The smallest absolute Gasteiger partial charge is 0.338 e. The number of aliphatic hydroxyl groups excluding tert-OH is 2. The van der Waals surface area contributed by atoms with Gasteiger partial charge in [-0.2, -0.15) is 0 Å². The predicted octanol–water partition coefficient (Wildman–Crippen LogP) is 0.0773. The van der Waals surface area contributed by atoms with E-state index in [1.54, 1.807) is 51.7 Å². The highest BCUT2D eigenvalue weighted by atomic mass is 16.6. The Bertz CT molecular complexity index is 1250. The van der Waals surface area contributed by atoms with Gasteiger partial charge in [-0.1, -0.05) is 25.1 Å². The van der Waals surface area contributed by atoms with Gasteiger partial charge in [0.25, 0.3) is 0 Å². The zero-order valence-electron chi connectivity index (χ0n) is 25.5. The van der Waals surface area contributed by atoms with E-state index < -0.39 is 82.4 Å². The van der Waals surface area contributed by atoms with E-state index in [4.69, 9.17) is 23.7 Å². The van der Waals surface area contributed by atoms with Gasteiger partial charge in [0.2, 0.25) is 0 Å². The van der Waals surface area contributed by atoms with Crippen molar-refractivity contribution in [2.75, 3.05) is 48.1 Å². The molecule has 7 rings (SSSR count). The molecule has 1 aromatic rings. The van der Waals surface area contributed by atoms with E-state index in [0.29, 0.717) is 25.1 Å². The summed E-state index contributed by atoms with van der Waals surface area (Å²) in [4.78, 5) is 15.8. The Balaban J connectivity index is 1.48. The van der Waals surface area contributed by atoms with Crippen LogP contribution < -0.4 is 0 Å². The van der Waals surface area contributed by atoms with Gasteiger partial charge in [-0.3, -0.25) is 4.90 Å². The van der Waals surface area contributed by atoms with Crippen molar-refractivity contribution in [3.63, 3.8) is 0 Å². The lowest BCUT2D eigenvalue weighted by Crippen LogP contribution is -2.81. The van der Waals surface area contributed by atoms with Gasteiger partial charge in [0.1, 0.15) is 29.5 Å². The SMILES string of the molecule is CCN1C[C@]2(COC)C(O)C[C@H](OC)[C@]34C1[C@H]([C@H](OC)[C@H]23)[C@]1(O)[C@H]2[C@@H](OC(=O)c3ccccc3)[C@@](O)(C[C@H]24)[C@@H](OC)[C@@H]1O. The molecule has 4 N–H and O–H groups in total. The molecule has 1 aliphatic heterocycles. The third kappa shape index (κ3) is 3.28. The number of rotatable bonds is 8. The topological polar surface area (TPSA) is 147 Å². The Morgan fingerprint density at radius 3 is 2.33 bits per heavy atom. The normalized spacial score (nSPS) is 52.7. The summed E-state index contributed by atoms with van der Waals surface area (Å²) < 4.78 is 30.5. The number of hydrogen-bond acceptors (Lipinski definition) is 11. The monoisotopic (exact) mass is 603 g/mol. The van der Waals surface area contributed by atoms with Gasteiger partial charge in [0, 0.05) is 76.0 Å². The number of ether oxygens (including phenoxy) is 5. The van der Waals surface area contributed by atoms with Gasteiger partial charge in [-0.25, -0.2) is 4.79 Å². The molecular weight excluding hydrogens is 558 g/mol. The zero-order valence-corrected chi connectivity index (χ0v) is 25.5. The summed E-state index contributed by atoms with van der Waals surface area (Å²) in [5.74, 6) is -2.94. The van der Waals surface area contributed by atoms with Crippen LogP contribution in [0.1, 0.15) is 30.1 Å². The lowest BCUT2D eigenvalue weighted by Gasteiger charge is -2.70. The number of esters is 1. The molecule has 7 bridgehead atoms. The number of carbonyl (C=O) groups is 1. The highest BCUT2D eigenvalue weighted by Crippen LogP contribution is 2.80. The highest BCUT2D eigenvalue weighted by molar-refractivity contribution is 5.89. The molecule has 0 aromatic heterocycles. The van der Waals surface area contributed by atoms with Gasteiger partial charge >= 0.3 is 5.97 Å². The van der Waals surface area contributed by atoms with Crippen LogP contribution in [0.2, 0.25) is 0 Å². The highest BCUT2D eigenvalue weighted by Gasteiger charge is 2.91. The van der Waals surface area contributed by atoms with Crippen molar-refractivity contribution in [2.45, 2.75) is 73.6 Å². The number of nitrogens with zero attached hydrogens (tertiary/aromatic N) is 1. The first-order valence-corrected chi connectivity index (χ1v) is 15.5. The summed E-state index contributed by atoms with van der Waals surface area (Å²) in [6.45, 7) is 3.46. The number of carbonyl (C=O) groups excluding carboxylic acids is 1. The molecule has 43 heavy (non-hydrogen) atoms. The van der Waals surface area contributed by atoms with Crippen molar-refractivity contribution in [2.24, 2.45) is 34.5 Å². The molecule has 15 atom stereocenters. The van der Waals surface area contributed by atoms with Gasteiger partial charge in [-0.05, 0) is 31.0 Å². The predicted molar refractivity (Wildman–Crippen MR) is 151 cm³/mol. The van der Waals surface area contributed by atoms with Crippen molar-refractivity contribution in [3.05, 3.63) is 35.9 Å². The second kappa shape index (κ2) is 9.91. The zero-order chi connectivity index (χ0) is 30.7. The Kier molecular flexibility index (Phi) is 6.92. The Hall–Kier alpha value is -1.67. The van der Waals surface area contributed by atoms with E-state index in [2.05, 4.69) is 11.8 Å². The van der Waals surface area contributed by atoms with Crippen LogP contribution in [-0.4, -0.2) is 133 Å². The van der Waals surface area contributed by atoms with E-state index in [1.807, 2.05) is 0 Å². The van der Waals surface area contributed by atoms with Gasteiger partial charge < -0.3 is 44.1 Å². The maximum Gasteiger partial charge on any atom is 0.338 e. The van der Waals surface area contributed by atoms with Crippen LogP contribution in [0.5, 0.6) is 0 Å². The first-order chi connectivity index (χ1) is 20.6. The van der Waals surface area contributed by atoms with Crippen molar-refractivity contribution in [1.29, 1.82) is 0 Å². The summed E-state index contributed by atoms with van der Waals surface area (Å²) in [7, 11) is 6.29. The first kappa shape index (κ1) is 30.0. The number of methoxy groups -OCH3 is 4. The maximum atomic E-state index is 13.6. The van der Waals surface area contributed by atoms with Crippen LogP contribution in [0.25, 0.3) is 0 Å². The fourth-order valence-corrected chi connectivity index (χ4v) is 11.9. The van der Waals surface area contributed by atoms with E-state index in [9.17, 15) is 25.2 Å². The molecule has 6 fully saturated rings. The van der Waals surface area contributed by atoms with Crippen LogP contribution in [0.15, 0.2) is 30.3 Å². The second-order valence-electron chi connectivity index (χ2n) is 13.9. The summed E-state index contributed by atoms with van der Waals surface area (Å²) in [5, 5.41) is 49.7. The molecule has 1 saturated heterocycles. The first-order valence-electron chi connectivity index (χ1n) is 15.5. The van der Waals surface area contributed by atoms with Crippen LogP contribution in [-0.2, 0) is 23.7 Å². The molecule has 5 saturated carbocycles. The van der Waals surface area contributed by atoms with Gasteiger partial charge in [0.05, 0.1) is 30.5 Å². The van der Waals surface area contributed by atoms with E-state index in [1.165, 1.54) is 7.11 Å². The number of benzene rings is 1. The number of hydrogen-bond donors (Lipinski definition) is 4. The number of fused-ring (bicyclic) bond motifs is 2. The number of piperidine rings is 1. The van der Waals surface area contributed by atoms with Crippen LogP contribution in [0.3, 0.4) is 0 Å². The number of aliphatic hydroxyl groups is 4. The van der Waals surface area contributed by atoms with Gasteiger partial charge in [0.15, 0.2) is 0 Å². The molecule has 0 amide bonds. The fourth-order valence-electron chi connectivity index (χ4n) is 11.9. The molecule has 6 aliphatic rings. The fraction of sp³-hybridized carbons (Fsp3) is 0.781. The average Bonchev–Trinajstić information content (AvgIpc) is 3.39. The molecule has 11 heteroatoms. The molecule has 1 aromatic carbocycles. The molecule has 0 radical (unpaired) electrons. The Labute approximate surface area is 252 Å². The summed E-state index contributed by atoms with van der Waals surface area (Å²) in [6.07, 6.45) is -5.27. The minimum atomic E-state index is -1.86. The minimum absolute atomic E-state index is 0.106. The van der Waals surface area contributed by atoms with Crippen molar-refractivity contribution < 1.29 is 48.9 Å². The van der Waals surface area contributed by atoms with E-state index >= 15 is 0 Å². The third-order valence-corrected chi connectivity index (χ3v) is 12.9. The Morgan fingerprint density at radius 1 is 1.00 bits per heavy atom.